The first-order valence-electron chi connectivity index (χ1n) is 13.0. The molecule has 1 aliphatic rings. The highest BCUT2D eigenvalue weighted by atomic mass is 35.5. The molecule has 2 N–H and O–H groups in total. The minimum atomic E-state index is -0.881. The van der Waals surface area contributed by atoms with E-state index in [0.717, 1.165) is 47.7 Å². The lowest BCUT2D eigenvalue weighted by atomic mass is 9.80. The number of aliphatic carboxylic acids is 1. The fourth-order valence-corrected chi connectivity index (χ4v) is 5.55. The molecule has 0 atom stereocenters. The number of pyridine rings is 1. The topological polar surface area (TPSA) is 82.5 Å². The number of hydrogen-bond acceptors (Lipinski definition) is 3. The molecule has 0 saturated heterocycles. The number of carboxylic acids is 1. The zero-order valence-electron chi connectivity index (χ0n) is 21.3. The van der Waals surface area contributed by atoms with Crippen molar-refractivity contribution in [2.45, 2.75) is 50.6 Å². The number of rotatable bonds is 7. The Balaban J connectivity index is 1.34. The van der Waals surface area contributed by atoms with Gasteiger partial charge in [0.25, 0.3) is 0 Å². The Morgan fingerprint density at radius 3 is 2.33 bits per heavy atom. The summed E-state index contributed by atoms with van der Waals surface area (Å²) in [5.74, 6) is -0.900. The third-order valence-electron chi connectivity index (χ3n) is 7.40. The van der Waals surface area contributed by atoms with E-state index in [9.17, 15) is 14.0 Å². The number of fused-ring (bicyclic) bond motifs is 1. The molecule has 39 heavy (non-hydrogen) atoms. The van der Waals surface area contributed by atoms with Crippen molar-refractivity contribution in [1.82, 2.24) is 9.88 Å². The second-order valence-corrected chi connectivity index (χ2v) is 10.5. The van der Waals surface area contributed by atoms with Gasteiger partial charge in [-0.1, -0.05) is 35.9 Å². The lowest BCUT2D eigenvalue weighted by Gasteiger charge is -2.37. The van der Waals surface area contributed by atoms with Crippen molar-refractivity contribution >= 4 is 40.2 Å². The SMILES string of the molecule is O=C(O)Cc1ccc(CN(C(=O)Nc2ccc(Cl)cc2)[C@H]2CC[C@H](c3ccnc4ccc(F)cc43)CC2)cc1. The van der Waals surface area contributed by atoms with Crippen LogP contribution < -0.4 is 5.32 Å². The molecule has 1 saturated carbocycles. The molecule has 8 heteroatoms. The van der Waals surface area contributed by atoms with Gasteiger partial charge >= 0.3 is 12.0 Å². The summed E-state index contributed by atoms with van der Waals surface area (Å²) in [4.78, 5) is 30.8. The zero-order valence-corrected chi connectivity index (χ0v) is 22.1. The van der Waals surface area contributed by atoms with Gasteiger partial charge in [-0.3, -0.25) is 9.78 Å². The summed E-state index contributed by atoms with van der Waals surface area (Å²) in [5.41, 5.74) is 4.18. The molecule has 0 radical (unpaired) electrons. The van der Waals surface area contributed by atoms with E-state index in [2.05, 4.69) is 10.3 Å². The van der Waals surface area contributed by atoms with Gasteiger partial charge in [-0.15, -0.1) is 0 Å². The Bertz CT molecular complexity index is 1470. The van der Waals surface area contributed by atoms with E-state index >= 15 is 0 Å². The van der Waals surface area contributed by atoms with Crippen LogP contribution in [0.5, 0.6) is 0 Å². The molecule has 1 aromatic heterocycles. The smallest absolute Gasteiger partial charge is 0.322 e. The Morgan fingerprint density at radius 1 is 0.949 bits per heavy atom. The number of carbonyl (C=O) groups is 2. The van der Waals surface area contributed by atoms with E-state index in [0.29, 0.717) is 22.8 Å². The number of halogens is 2. The summed E-state index contributed by atoms with van der Waals surface area (Å²) in [6.45, 7) is 0.394. The van der Waals surface area contributed by atoms with Crippen molar-refractivity contribution in [3.8, 4) is 0 Å². The van der Waals surface area contributed by atoms with Crippen LogP contribution in [0.15, 0.2) is 79.0 Å². The molecule has 2 amide bonds. The van der Waals surface area contributed by atoms with Crippen molar-refractivity contribution in [1.29, 1.82) is 0 Å². The Hall–Kier alpha value is -3.97. The highest BCUT2D eigenvalue weighted by molar-refractivity contribution is 6.30. The number of amides is 2. The number of nitrogens with one attached hydrogen (secondary N) is 1. The summed E-state index contributed by atoms with van der Waals surface area (Å²) in [5, 5.41) is 13.5. The van der Waals surface area contributed by atoms with E-state index in [1.54, 1.807) is 54.7 Å². The van der Waals surface area contributed by atoms with E-state index in [4.69, 9.17) is 16.7 Å². The zero-order chi connectivity index (χ0) is 27.4. The monoisotopic (exact) mass is 545 g/mol. The van der Waals surface area contributed by atoms with Gasteiger partial charge in [0.1, 0.15) is 5.82 Å². The average Bonchev–Trinajstić information content (AvgIpc) is 2.93. The molecule has 0 unspecified atom stereocenters. The van der Waals surface area contributed by atoms with Crippen LogP contribution in [0.2, 0.25) is 5.02 Å². The van der Waals surface area contributed by atoms with Crippen LogP contribution in [0, 0.1) is 5.82 Å². The largest absolute Gasteiger partial charge is 0.481 e. The fourth-order valence-electron chi connectivity index (χ4n) is 5.42. The lowest BCUT2D eigenvalue weighted by Crippen LogP contribution is -2.44. The molecule has 4 aromatic rings. The van der Waals surface area contributed by atoms with Crippen molar-refractivity contribution in [3.63, 3.8) is 0 Å². The summed E-state index contributed by atoms with van der Waals surface area (Å²) >= 11 is 6.01. The maximum atomic E-state index is 14.0. The molecule has 200 valence electrons. The fraction of sp³-hybridized carbons (Fsp3) is 0.258. The van der Waals surface area contributed by atoms with E-state index in [1.807, 2.05) is 23.1 Å². The average molecular weight is 546 g/mol. The van der Waals surface area contributed by atoms with Crippen LogP contribution in [0.25, 0.3) is 10.9 Å². The maximum absolute atomic E-state index is 14.0. The minimum Gasteiger partial charge on any atom is -0.481 e. The maximum Gasteiger partial charge on any atom is 0.322 e. The molecule has 5 rings (SSSR count). The number of urea groups is 1. The van der Waals surface area contributed by atoms with E-state index in [-0.39, 0.29) is 30.2 Å². The lowest BCUT2D eigenvalue weighted by molar-refractivity contribution is -0.136. The van der Waals surface area contributed by atoms with Crippen molar-refractivity contribution in [2.24, 2.45) is 0 Å². The molecule has 1 aliphatic carbocycles. The van der Waals surface area contributed by atoms with Crippen molar-refractivity contribution in [2.75, 3.05) is 5.32 Å². The number of hydrogen-bond donors (Lipinski definition) is 2. The molecule has 0 spiro atoms. The molecule has 1 fully saturated rings. The third-order valence-corrected chi connectivity index (χ3v) is 7.65. The predicted octanol–water partition coefficient (Wildman–Crippen LogP) is 7.41. The van der Waals surface area contributed by atoms with Crippen LogP contribution in [-0.2, 0) is 17.8 Å². The van der Waals surface area contributed by atoms with Gasteiger partial charge in [0, 0.05) is 34.9 Å². The van der Waals surface area contributed by atoms with Crippen LogP contribution in [-0.4, -0.2) is 33.0 Å². The van der Waals surface area contributed by atoms with Gasteiger partial charge in [-0.05, 0) is 96.8 Å². The molecule has 6 nitrogen and oxygen atoms in total. The van der Waals surface area contributed by atoms with Crippen LogP contribution in [0.3, 0.4) is 0 Å². The standard InChI is InChI=1S/C31H29ClFN3O3/c32-23-7-10-25(11-8-23)35-31(39)36(19-21-3-1-20(2-4-21)17-30(37)38)26-12-5-22(6-13-26)27-15-16-34-29-14-9-24(33)18-28(27)29/h1-4,7-11,14-16,18,22,26H,5-6,12-13,17,19H2,(H,35,39)(H,37,38)/t22-,26-. The first-order valence-corrected chi connectivity index (χ1v) is 13.4. The summed E-state index contributed by atoms with van der Waals surface area (Å²) in [7, 11) is 0. The minimum absolute atomic E-state index is 0.0112. The summed E-state index contributed by atoms with van der Waals surface area (Å²) in [6, 6.07) is 20.8. The quantitative estimate of drug-likeness (QED) is 0.253. The predicted molar refractivity (Wildman–Crippen MR) is 150 cm³/mol. The first-order chi connectivity index (χ1) is 18.9. The van der Waals surface area contributed by atoms with E-state index in [1.165, 1.54) is 6.07 Å². The van der Waals surface area contributed by atoms with Gasteiger partial charge in [-0.25, -0.2) is 9.18 Å². The summed E-state index contributed by atoms with van der Waals surface area (Å²) < 4.78 is 14.0. The van der Waals surface area contributed by atoms with Crippen molar-refractivity contribution in [3.05, 3.63) is 107 Å². The molecular weight excluding hydrogens is 517 g/mol. The second-order valence-electron chi connectivity index (χ2n) is 10.0. The van der Waals surface area contributed by atoms with Gasteiger partial charge in [0.05, 0.1) is 11.9 Å². The van der Waals surface area contributed by atoms with Gasteiger partial charge in [-0.2, -0.15) is 0 Å². The molecule has 0 bridgehead atoms. The Morgan fingerprint density at radius 2 is 1.64 bits per heavy atom. The van der Waals surface area contributed by atoms with Crippen molar-refractivity contribution < 1.29 is 19.1 Å². The van der Waals surface area contributed by atoms with Crippen LogP contribution in [0.4, 0.5) is 14.9 Å². The highest BCUT2D eigenvalue weighted by Gasteiger charge is 2.30. The number of carboxylic acid groups (broad SMARTS) is 1. The number of anilines is 1. The number of aromatic nitrogens is 1. The number of carbonyl (C=O) groups excluding carboxylic acids is 1. The number of nitrogens with zero attached hydrogens (tertiary/aromatic N) is 2. The Kier molecular flexibility index (Phi) is 8.07. The Labute approximate surface area is 231 Å². The number of benzene rings is 3. The van der Waals surface area contributed by atoms with Gasteiger partial charge < -0.3 is 15.3 Å². The molecular formula is C31H29ClFN3O3. The second kappa shape index (κ2) is 11.8. The van der Waals surface area contributed by atoms with Crippen LogP contribution >= 0.6 is 11.6 Å². The highest BCUT2D eigenvalue weighted by Crippen LogP contribution is 2.38. The normalized spacial score (nSPS) is 17.1. The van der Waals surface area contributed by atoms with E-state index < -0.39 is 5.97 Å². The molecule has 1 heterocycles. The van der Waals surface area contributed by atoms with Gasteiger partial charge in [0.15, 0.2) is 0 Å². The first kappa shape index (κ1) is 26.6. The third kappa shape index (κ3) is 6.55. The van der Waals surface area contributed by atoms with Gasteiger partial charge in [0.2, 0.25) is 0 Å². The van der Waals surface area contributed by atoms with Crippen LogP contribution in [0.1, 0.15) is 48.3 Å². The molecule has 3 aromatic carbocycles. The molecule has 0 aliphatic heterocycles. The summed E-state index contributed by atoms with van der Waals surface area (Å²) in [6.07, 6.45) is 5.06.